The second kappa shape index (κ2) is 7.72. The van der Waals surface area contributed by atoms with Crippen molar-refractivity contribution in [1.29, 1.82) is 0 Å². The third-order valence-corrected chi connectivity index (χ3v) is 5.01. The SMILES string of the molecule is COc1ccc(-c2cc(N3CCN(C(=O)c4ccc(C)nc4)CC3)n[nH]2)cc1. The van der Waals surface area contributed by atoms with Crippen LogP contribution in [0.15, 0.2) is 48.7 Å². The van der Waals surface area contributed by atoms with E-state index in [0.717, 1.165) is 41.6 Å². The van der Waals surface area contributed by atoms with Crippen LogP contribution < -0.4 is 9.64 Å². The van der Waals surface area contributed by atoms with Crippen molar-refractivity contribution in [3.63, 3.8) is 0 Å². The lowest BCUT2D eigenvalue weighted by Crippen LogP contribution is -2.49. The molecule has 1 aliphatic rings. The molecule has 4 rings (SSSR count). The number of carbonyl (C=O) groups excluding carboxylic acids is 1. The maximum atomic E-state index is 12.6. The highest BCUT2D eigenvalue weighted by molar-refractivity contribution is 5.94. The molecule has 0 radical (unpaired) electrons. The number of nitrogens with one attached hydrogen (secondary N) is 1. The van der Waals surface area contributed by atoms with Gasteiger partial charge in [0.15, 0.2) is 5.82 Å². The highest BCUT2D eigenvalue weighted by Crippen LogP contribution is 2.24. The minimum atomic E-state index is 0.0353. The van der Waals surface area contributed by atoms with Crippen LogP contribution in [0.5, 0.6) is 5.75 Å². The Hall–Kier alpha value is -3.35. The second-order valence-electron chi connectivity index (χ2n) is 6.84. The topological polar surface area (TPSA) is 74.3 Å². The minimum absolute atomic E-state index is 0.0353. The van der Waals surface area contributed by atoms with Crippen molar-refractivity contribution in [1.82, 2.24) is 20.1 Å². The fraction of sp³-hybridized carbons (Fsp3) is 0.286. The predicted molar refractivity (Wildman–Crippen MR) is 108 cm³/mol. The number of ether oxygens (including phenoxy) is 1. The number of nitrogens with zero attached hydrogens (tertiary/aromatic N) is 4. The number of rotatable bonds is 4. The van der Waals surface area contributed by atoms with Crippen LogP contribution in [0, 0.1) is 6.92 Å². The number of aromatic amines is 1. The average Bonchev–Trinajstić information content (AvgIpc) is 3.24. The van der Waals surface area contributed by atoms with Gasteiger partial charge in [0.25, 0.3) is 5.91 Å². The lowest BCUT2D eigenvalue weighted by Gasteiger charge is -2.34. The summed E-state index contributed by atoms with van der Waals surface area (Å²) in [5.41, 5.74) is 3.57. The van der Waals surface area contributed by atoms with Crippen molar-refractivity contribution < 1.29 is 9.53 Å². The van der Waals surface area contributed by atoms with E-state index in [1.807, 2.05) is 54.3 Å². The number of aromatic nitrogens is 3. The zero-order chi connectivity index (χ0) is 19.5. The van der Waals surface area contributed by atoms with Crippen LogP contribution in [0.1, 0.15) is 16.1 Å². The summed E-state index contributed by atoms with van der Waals surface area (Å²) in [6.45, 7) is 4.74. The van der Waals surface area contributed by atoms with Gasteiger partial charge in [-0.15, -0.1) is 0 Å². The zero-order valence-electron chi connectivity index (χ0n) is 16.1. The van der Waals surface area contributed by atoms with Gasteiger partial charge in [-0.1, -0.05) is 0 Å². The third-order valence-electron chi connectivity index (χ3n) is 5.01. The number of amides is 1. The molecule has 1 fully saturated rings. The highest BCUT2D eigenvalue weighted by Gasteiger charge is 2.23. The number of pyridine rings is 1. The molecule has 1 aliphatic heterocycles. The molecule has 7 nitrogen and oxygen atoms in total. The Labute approximate surface area is 164 Å². The number of H-pyrrole nitrogens is 1. The van der Waals surface area contributed by atoms with E-state index in [2.05, 4.69) is 20.1 Å². The molecule has 1 saturated heterocycles. The van der Waals surface area contributed by atoms with Crippen LogP contribution in [0.3, 0.4) is 0 Å². The number of aryl methyl sites for hydroxylation is 1. The van der Waals surface area contributed by atoms with Crippen LogP contribution in [0.2, 0.25) is 0 Å². The molecule has 0 atom stereocenters. The van der Waals surface area contributed by atoms with E-state index in [0.29, 0.717) is 18.7 Å². The smallest absolute Gasteiger partial charge is 0.255 e. The lowest BCUT2D eigenvalue weighted by atomic mass is 10.1. The largest absolute Gasteiger partial charge is 0.497 e. The van der Waals surface area contributed by atoms with Gasteiger partial charge in [0.05, 0.1) is 18.4 Å². The molecule has 0 bridgehead atoms. The lowest BCUT2D eigenvalue weighted by molar-refractivity contribution is 0.0746. The first-order chi connectivity index (χ1) is 13.6. The quantitative estimate of drug-likeness (QED) is 0.757. The van der Waals surface area contributed by atoms with Crippen LogP contribution in [0.25, 0.3) is 11.3 Å². The summed E-state index contributed by atoms with van der Waals surface area (Å²) in [6, 6.07) is 13.6. The summed E-state index contributed by atoms with van der Waals surface area (Å²) in [4.78, 5) is 20.9. The molecule has 1 amide bonds. The van der Waals surface area contributed by atoms with Gasteiger partial charge in [-0.05, 0) is 48.9 Å². The molecule has 3 heterocycles. The number of carbonyl (C=O) groups is 1. The summed E-state index contributed by atoms with van der Waals surface area (Å²) < 4.78 is 5.20. The molecule has 1 aromatic carbocycles. The molecule has 0 saturated carbocycles. The van der Waals surface area contributed by atoms with E-state index < -0.39 is 0 Å². The van der Waals surface area contributed by atoms with E-state index in [1.54, 1.807) is 13.3 Å². The first-order valence-electron chi connectivity index (χ1n) is 9.31. The van der Waals surface area contributed by atoms with Crippen molar-refractivity contribution >= 4 is 11.7 Å². The zero-order valence-corrected chi connectivity index (χ0v) is 16.1. The fourth-order valence-electron chi connectivity index (χ4n) is 3.31. The maximum absolute atomic E-state index is 12.6. The van der Waals surface area contributed by atoms with Gasteiger partial charge in [0, 0.05) is 44.1 Å². The Bertz CT molecular complexity index is 942. The summed E-state index contributed by atoms with van der Waals surface area (Å²) in [5, 5.41) is 7.55. The molecule has 1 N–H and O–H groups in total. The number of piperazine rings is 1. The van der Waals surface area contributed by atoms with E-state index in [4.69, 9.17) is 4.74 Å². The first-order valence-corrected chi connectivity index (χ1v) is 9.31. The highest BCUT2D eigenvalue weighted by atomic mass is 16.5. The summed E-state index contributed by atoms with van der Waals surface area (Å²) >= 11 is 0. The minimum Gasteiger partial charge on any atom is -0.497 e. The predicted octanol–water partition coefficient (Wildman–Crippen LogP) is 2.75. The van der Waals surface area contributed by atoms with Crippen molar-refractivity contribution in [2.45, 2.75) is 6.92 Å². The van der Waals surface area contributed by atoms with Crippen molar-refractivity contribution in [2.24, 2.45) is 0 Å². The number of anilines is 1. The number of hydrogen-bond acceptors (Lipinski definition) is 5. The maximum Gasteiger partial charge on any atom is 0.255 e. The molecule has 28 heavy (non-hydrogen) atoms. The fourth-order valence-corrected chi connectivity index (χ4v) is 3.31. The Morgan fingerprint density at radius 1 is 1.07 bits per heavy atom. The van der Waals surface area contributed by atoms with Crippen LogP contribution in [0.4, 0.5) is 5.82 Å². The summed E-state index contributed by atoms with van der Waals surface area (Å²) in [5.74, 6) is 1.76. The van der Waals surface area contributed by atoms with Gasteiger partial charge in [-0.2, -0.15) is 5.10 Å². The Kier molecular flexibility index (Phi) is 4.97. The molecule has 2 aromatic heterocycles. The molecule has 144 valence electrons. The first kappa shape index (κ1) is 18.0. The van der Waals surface area contributed by atoms with E-state index in [9.17, 15) is 4.79 Å². The average molecular weight is 377 g/mol. The van der Waals surface area contributed by atoms with Crippen LogP contribution in [-0.2, 0) is 0 Å². The third kappa shape index (κ3) is 3.69. The molecular formula is C21H23N5O2. The van der Waals surface area contributed by atoms with Crippen molar-refractivity contribution in [2.75, 3.05) is 38.2 Å². The van der Waals surface area contributed by atoms with E-state index in [1.165, 1.54) is 0 Å². The summed E-state index contributed by atoms with van der Waals surface area (Å²) in [7, 11) is 1.66. The monoisotopic (exact) mass is 377 g/mol. The molecular weight excluding hydrogens is 354 g/mol. The van der Waals surface area contributed by atoms with Gasteiger partial charge >= 0.3 is 0 Å². The Balaban J connectivity index is 1.39. The molecule has 3 aromatic rings. The van der Waals surface area contributed by atoms with Gasteiger partial charge in [-0.25, -0.2) is 0 Å². The number of methoxy groups -OCH3 is 1. The molecule has 0 unspecified atom stereocenters. The molecule has 0 aliphatic carbocycles. The van der Waals surface area contributed by atoms with E-state index >= 15 is 0 Å². The van der Waals surface area contributed by atoms with Crippen molar-refractivity contribution in [3.8, 4) is 17.0 Å². The van der Waals surface area contributed by atoms with Crippen molar-refractivity contribution in [3.05, 3.63) is 59.9 Å². The second-order valence-corrected chi connectivity index (χ2v) is 6.84. The van der Waals surface area contributed by atoms with Gasteiger partial charge in [0.2, 0.25) is 0 Å². The van der Waals surface area contributed by atoms with E-state index in [-0.39, 0.29) is 5.91 Å². The molecule has 7 heteroatoms. The van der Waals surface area contributed by atoms with Crippen LogP contribution in [-0.4, -0.2) is 59.3 Å². The normalized spacial score (nSPS) is 14.2. The Morgan fingerprint density at radius 2 is 1.82 bits per heavy atom. The number of benzene rings is 1. The molecule has 0 spiro atoms. The Morgan fingerprint density at radius 3 is 2.46 bits per heavy atom. The van der Waals surface area contributed by atoms with Gasteiger partial charge in [0.1, 0.15) is 5.75 Å². The number of hydrogen-bond donors (Lipinski definition) is 1. The standard InChI is InChI=1S/C21H23N5O2/c1-15-3-4-17(14-22-15)21(27)26-11-9-25(10-12-26)20-13-19(23-24-20)16-5-7-18(28-2)8-6-16/h3-8,13-14H,9-12H2,1-2H3,(H,23,24). The summed E-state index contributed by atoms with van der Waals surface area (Å²) in [6.07, 6.45) is 1.65. The van der Waals surface area contributed by atoms with Gasteiger partial charge in [-0.3, -0.25) is 14.9 Å². The van der Waals surface area contributed by atoms with Gasteiger partial charge < -0.3 is 14.5 Å². The van der Waals surface area contributed by atoms with Crippen LogP contribution >= 0.6 is 0 Å².